The van der Waals surface area contributed by atoms with E-state index in [1.54, 1.807) is 13.4 Å². The Morgan fingerprint density at radius 3 is 2.83 bits per heavy atom. The van der Waals surface area contributed by atoms with Gasteiger partial charge in [0.15, 0.2) is 0 Å². The van der Waals surface area contributed by atoms with Crippen molar-refractivity contribution in [3.63, 3.8) is 0 Å². The summed E-state index contributed by atoms with van der Waals surface area (Å²) >= 11 is 0. The van der Waals surface area contributed by atoms with Gasteiger partial charge in [0.25, 0.3) is 0 Å². The molecule has 1 amide bonds. The topological polar surface area (TPSA) is 90.5 Å². The molecule has 29 heavy (non-hydrogen) atoms. The van der Waals surface area contributed by atoms with E-state index >= 15 is 0 Å². The van der Waals surface area contributed by atoms with Crippen molar-refractivity contribution in [2.75, 3.05) is 56.7 Å². The number of carbonyl (C=O) groups excluding carboxylic acids is 1. The number of imidazole rings is 1. The number of carbonyl (C=O) groups is 1. The number of nitrogens with zero attached hydrogens (tertiary/aromatic N) is 6. The van der Waals surface area contributed by atoms with Gasteiger partial charge < -0.3 is 24.4 Å². The van der Waals surface area contributed by atoms with Crippen LogP contribution >= 0.6 is 0 Å². The van der Waals surface area contributed by atoms with Crippen LogP contribution in [-0.2, 0) is 21.5 Å². The summed E-state index contributed by atoms with van der Waals surface area (Å²) in [6.07, 6.45) is 5.94. The minimum atomic E-state index is -0.391. The second-order valence-electron chi connectivity index (χ2n) is 7.71. The highest BCUT2D eigenvalue weighted by molar-refractivity contribution is 5.79. The Labute approximate surface area is 171 Å². The lowest BCUT2D eigenvalue weighted by molar-refractivity contribution is -0.144. The van der Waals surface area contributed by atoms with Crippen molar-refractivity contribution >= 4 is 17.7 Å². The normalized spacial score (nSPS) is 18.0. The van der Waals surface area contributed by atoms with E-state index in [9.17, 15) is 4.79 Å². The number of H-pyrrole nitrogens is 1. The number of rotatable bonds is 5. The smallest absolute Gasteiger partial charge is 0.249 e. The standard InChI is InChI=1S/C20H29N7O2/c1-4-25(2)16-5-9-21-19(24-16)26-11-7-20(8-12-26)18-15(22-14-23-18)6-10-27(20)17(28)13-29-3/h5,9,14H,4,6-8,10-13H2,1-3H3,(H,22,23). The van der Waals surface area contributed by atoms with E-state index in [0.29, 0.717) is 6.54 Å². The van der Waals surface area contributed by atoms with Crippen molar-refractivity contribution in [1.29, 1.82) is 0 Å². The van der Waals surface area contributed by atoms with Gasteiger partial charge in [0.1, 0.15) is 12.4 Å². The highest BCUT2D eigenvalue weighted by atomic mass is 16.5. The van der Waals surface area contributed by atoms with E-state index in [1.165, 1.54) is 0 Å². The van der Waals surface area contributed by atoms with Crippen molar-refractivity contribution in [2.45, 2.75) is 31.7 Å². The van der Waals surface area contributed by atoms with Crippen LogP contribution < -0.4 is 9.80 Å². The first-order valence-electron chi connectivity index (χ1n) is 10.2. The molecule has 1 saturated heterocycles. The zero-order valence-corrected chi connectivity index (χ0v) is 17.4. The van der Waals surface area contributed by atoms with Crippen molar-refractivity contribution in [1.82, 2.24) is 24.8 Å². The predicted molar refractivity (Wildman–Crippen MR) is 110 cm³/mol. The number of aromatic nitrogens is 4. The number of aromatic amines is 1. The number of amides is 1. The van der Waals surface area contributed by atoms with Gasteiger partial charge in [-0.25, -0.2) is 9.97 Å². The van der Waals surface area contributed by atoms with E-state index in [0.717, 1.165) is 62.1 Å². The summed E-state index contributed by atoms with van der Waals surface area (Å²) < 4.78 is 5.14. The molecular formula is C20H29N7O2. The third-order valence-electron chi connectivity index (χ3n) is 6.20. The number of ether oxygens (including phenoxy) is 1. The Balaban J connectivity index is 1.58. The molecule has 2 aliphatic heterocycles. The lowest BCUT2D eigenvalue weighted by atomic mass is 9.78. The van der Waals surface area contributed by atoms with Gasteiger partial charge in [-0.15, -0.1) is 0 Å². The molecule has 0 aliphatic carbocycles. The lowest BCUT2D eigenvalue weighted by Gasteiger charge is -2.50. The Morgan fingerprint density at radius 1 is 1.31 bits per heavy atom. The van der Waals surface area contributed by atoms with Gasteiger partial charge in [0.05, 0.1) is 17.6 Å². The average Bonchev–Trinajstić information content (AvgIpc) is 3.24. The molecule has 2 aromatic rings. The lowest BCUT2D eigenvalue weighted by Crippen LogP contribution is -2.59. The molecule has 1 N–H and O–H groups in total. The molecule has 156 valence electrons. The van der Waals surface area contributed by atoms with E-state index in [-0.39, 0.29) is 12.5 Å². The zero-order chi connectivity index (χ0) is 20.4. The minimum Gasteiger partial charge on any atom is -0.375 e. The first-order chi connectivity index (χ1) is 14.1. The molecule has 0 aromatic carbocycles. The Hall–Kier alpha value is -2.68. The van der Waals surface area contributed by atoms with Gasteiger partial charge in [0, 0.05) is 58.6 Å². The van der Waals surface area contributed by atoms with Crippen molar-refractivity contribution in [2.24, 2.45) is 0 Å². The van der Waals surface area contributed by atoms with Gasteiger partial charge in [-0.05, 0) is 25.8 Å². The van der Waals surface area contributed by atoms with Gasteiger partial charge in [-0.3, -0.25) is 4.79 Å². The molecule has 9 nitrogen and oxygen atoms in total. The number of methoxy groups -OCH3 is 1. The molecule has 0 saturated carbocycles. The Bertz CT molecular complexity index is 860. The summed E-state index contributed by atoms with van der Waals surface area (Å²) in [4.78, 5) is 36.2. The molecule has 0 atom stereocenters. The quantitative estimate of drug-likeness (QED) is 0.807. The Kier molecular flexibility index (Phi) is 5.40. The van der Waals surface area contributed by atoms with Crippen molar-refractivity contribution in [3.8, 4) is 0 Å². The van der Waals surface area contributed by atoms with Gasteiger partial charge in [-0.2, -0.15) is 4.98 Å². The first-order valence-corrected chi connectivity index (χ1v) is 10.2. The number of hydrogen-bond donors (Lipinski definition) is 1. The van der Waals surface area contributed by atoms with Crippen LogP contribution in [0.2, 0.25) is 0 Å². The van der Waals surface area contributed by atoms with Crippen LogP contribution in [0.25, 0.3) is 0 Å². The minimum absolute atomic E-state index is 0.0254. The monoisotopic (exact) mass is 399 g/mol. The van der Waals surface area contributed by atoms with Crippen LogP contribution in [0.3, 0.4) is 0 Å². The number of piperidine rings is 1. The van der Waals surface area contributed by atoms with E-state index in [4.69, 9.17) is 9.72 Å². The maximum atomic E-state index is 12.8. The molecule has 2 aromatic heterocycles. The zero-order valence-electron chi connectivity index (χ0n) is 17.4. The molecule has 4 rings (SSSR count). The summed E-state index contributed by atoms with van der Waals surface area (Å²) in [6, 6.07) is 1.93. The summed E-state index contributed by atoms with van der Waals surface area (Å²) in [5, 5.41) is 0. The molecule has 0 unspecified atom stereocenters. The summed E-state index contributed by atoms with van der Waals surface area (Å²) in [5.41, 5.74) is 1.76. The van der Waals surface area contributed by atoms with Crippen molar-refractivity contribution in [3.05, 3.63) is 30.0 Å². The van der Waals surface area contributed by atoms with Gasteiger partial charge >= 0.3 is 0 Å². The van der Waals surface area contributed by atoms with Crippen LogP contribution in [0.4, 0.5) is 11.8 Å². The van der Waals surface area contributed by atoms with E-state index in [1.807, 2.05) is 24.2 Å². The van der Waals surface area contributed by atoms with E-state index < -0.39 is 5.54 Å². The van der Waals surface area contributed by atoms with Crippen molar-refractivity contribution < 1.29 is 9.53 Å². The number of hydrogen-bond acceptors (Lipinski definition) is 7. The molecule has 1 fully saturated rings. The fraction of sp³-hybridized carbons (Fsp3) is 0.600. The van der Waals surface area contributed by atoms with Crippen LogP contribution in [-0.4, -0.2) is 77.7 Å². The SMILES string of the molecule is CCN(C)c1ccnc(N2CCC3(CC2)c2nc[nH]c2CCN3C(=O)COC)n1. The highest BCUT2D eigenvalue weighted by Gasteiger charge is 2.48. The second kappa shape index (κ2) is 7.98. The molecular weight excluding hydrogens is 370 g/mol. The van der Waals surface area contributed by atoms with Gasteiger partial charge in [-0.1, -0.05) is 0 Å². The summed E-state index contributed by atoms with van der Waals surface area (Å²) in [6.45, 7) is 5.30. The molecule has 9 heteroatoms. The molecule has 2 aliphatic rings. The number of fused-ring (bicyclic) bond motifs is 2. The Morgan fingerprint density at radius 2 is 2.10 bits per heavy atom. The van der Waals surface area contributed by atoms with Gasteiger partial charge in [0.2, 0.25) is 11.9 Å². The number of anilines is 2. The fourth-order valence-corrected chi connectivity index (χ4v) is 4.49. The molecule has 0 radical (unpaired) electrons. The van der Waals surface area contributed by atoms with E-state index in [2.05, 4.69) is 31.7 Å². The molecule has 0 bridgehead atoms. The van der Waals surface area contributed by atoms with Crippen LogP contribution in [0.5, 0.6) is 0 Å². The molecule has 1 spiro atoms. The van der Waals surface area contributed by atoms with Crippen LogP contribution in [0.15, 0.2) is 18.6 Å². The largest absolute Gasteiger partial charge is 0.375 e. The predicted octanol–water partition coefficient (Wildman–Crippen LogP) is 1.18. The summed E-state index contributed by atoms with van der Waals surface area (Å²) in [7, 11) is 3.59. The summed E-state index contributed by atoms with van der Waals surface area (Å²) in [5.74, 6) is 1.69. The highest BCUT2D eigenvalue weighted by Crippen LogP contribution is 2.42. The van der Waals surface area contributed by atoms with Crippen LogP contribution in [0, 0.1) is 0 Å². The third-order valence-corrected chi connectivity index (χ3v) is 6.20. The number of nitrogens with one attached hydrogen (secondary N) is 1. The van der Waals surface area contributed by atoms with Crippen LogP contribution in [0.1, 0.15) is 31.2 Å². The molecule has 4 heterocycles. The third kappa shape index (κ3) is 3.43. The first kappa shape index (κ1) is 19.6. The fourth-order valence-electron chi connectivity index (χ4n) is 4.49. The average molecular weight is 399 g/mol. The maximum Gasteiger partial charge on any atom is 0.249 e. The second-order valence-corrected chi connectivity index (χ2v) is 7.71. The maximum absolute atomic E-state index is 12.8.